The number of alkyl carbamates (subject to hydrolysis) is 1. The van der Waals surface area contributed by atoms with Crippen molar-refractivity contribution in [2.45, 2.75) is 89.9 Å². The third kappa shape index (κ3) is 11.6. The number of likely N-dealkylation sites (N-methyl/N-ethyl adjacent to an activating group) is 2. The van der Waals surface area contributed by atoms with Gasteiger partial charge in [-0.05, 0) is 81.9 Å². The fourth-order valence-corrected chi connectivity index (χ4v) is 5.45. The summed E-state index contributed by atoms with van der Waals surface area (Å²) in [6, 6.07) is 21.7. The average Bonchev–Trinajstić information content (AvgIpc) is 3.03. The number of nitrogens with one attached hydrogen (secondary N) is 1. The van der Waals surface area contributed by atoms with Crippen LogP contribution in [0.1, 0.15) is 65.0 Å². The summed E-state index contributed by atoms with van der Waals surface area (Å²) >= 11 is 0. The molecule has 2 N–H and O–H groups in total. The number of benzene rings is 3. The van der Waals surface area contributed by atoms with E-state index in [1.807, 2.05) is 86.6 Å². The molecule has 0 spiro atoms. The lowest BCUT2D eigenvalue weighted by Crippen LogP contribution is -2.54. The predicted octanol–water partition coefficient (Wildman–Crippen LogP) is 5.87. The molecule has 3 aromatic rings. The molecule has 0 aliphatic heterocycles. The summed E-state index contributed by atoms with van der Waals surface area (Å²) < 4.78 is 5.37. The first-order chi connectivity index (χ1) is 22.6. The number of carbonyl (C=O) groups is 4. The normalized spacial score (nSPS) is 13.2. The van der Waals surface area contributed by atoms with E-state index in [2.05, 4.69) is 5.32 Å². The number of ether oxygens (including phenoxy) is 1. The van der Waals surface area contributed by atoms with Crippen molar-refractivity contribution >= 4 is 34.5 Å². The second-order valence-electron chi connectivity index (χ2n) is 13.9. The van der Waals surface area contributed by atoms with Gasteiger partial charge in [0, 0.05) is 39.1 Å². The van der Waals surface area contributed by atoms with Crippen molar-refractivity contribution in [2.24, 2.45) is 0 Å². The molecular formula is C39H51N3O6. The Balaban J connectivity index is 1.88. The molecule has 3 aromatic carbocycles. The van der Waals surface area contributed by atoms with Crippen molar-refractivity contribution in [3.05, 3.63) is 96.1 Å². The minimum atomic E-state index is -0.912. The van der Waals surface area contributed by atoms with Crippen LogP contribution in [0.4, 0.5) is 4.79 Å². The van der Waals surface area contributed by atoms with Crippen molar-refractivity contribution < 1.29 is 29.0 Å². The number of hydrogen-bond donors (Lipinski definition) is 2. The van der Waals surface area contributed by atoms with E-state index in [-0.39, 0.29) is 37.0 Å². The fraction of sp³-hybridized carbons (Fsp3) is 0.436. The SMILES string of the molecule is CN(C(=O)/C=C/CC(C)(C)NC(=O)OC(C)(C)C)[C@H](Cc1ccc2ccccc2c1)C(=O)N(C)[C@H](Cc1ccccc1)C(=O)CCCO. The molecule has 0 aliphatic carbocycles. The summed E-state index contributed by atoms with van der Waals surface area (Å²) in [4.78, 5) is 56.6. The average molecular weight is 658 g/mol. The first-order valence-corrected chi connectivity index (χ1v) is 16.5. The molecule has 9 heteroatoms. The van der Waals surface area contributed by atoms with Gasteiger partial charge in [0.25, 0.3) is 0 Å². The molecule has 0 bridgehead atoms. The van der Waals surface area contributed by atoms with Gasteiger partial charge in [0.15, 0.2) is 5.78 Å². The quantitative estimate of drug-likeness (QED) is 0.198. The van der Waals surface area contributed by atoms with E-state index in [1.54, 1.807) is 40.9 Å². The minimum absolute atomic E-state index is 0.125. The lowest BCUT2D eigenvalue weighted by Gasteiger charge is -2.34. The molecule has 258 valence electrons. The lowest BCUT2D eigenvalue weighted by atomic mass is 9.96. The summed E-state index contributed by atoms with van der Waals surface area (Å²) in [6.07, 6.45) is 3.85. The lowest BCUT2D eigenvalue weighted by molar-refractivity contribution is -0.145. The zero-order chi connectivity index (χ0) is 35.5. The van der Waals surface area contributed by atoms with Crippen molar-refractivity contribution in [3.8, 4) is 0 Å². The van der Waals surface area contributed by atoms with E-state index in [0.29, 0.717) is 19.3 Å². The largest absolute Gasteiger partial charge is 0.444 e. The molecule has 0 aliphatic rings. The maximum atomic E-state index is 14.4. The molecule has 3 rings (SSSR count). The second kappa shape index (κ2) is 17.1. The van der Waals surface area contributed by atoms with Gasteiger partial charge < -0.3 is 25.0 Å². The highest BCUT2D eigenvalue weighted by molar-refractivity contribution is 5.95. The standard InChI is InChI=1S/C39H51N3O6/c1-38(2,3)48-37(47)40-39(4,5)23-13-20-35(45)41(6)33(27-29-21-22-30-17-11-12-18-31(30)25-29)36(46)42(7)32(34(44)19-14-24-43)26-28-15-9-8-10-16-28/h8-13,15-18,20-22,25,32-33,43H,14,19,23-24,26-27H2,1-7H3,(H,40,47)/b20-13+/t32-,33-/m1/s1. The number of nitrogens with zero attached hydrogens (tertiary/aromatic N) is 2. The molecule has 0 aromatic heterocycles. The third-order valence-electron chi connectivity index (χ3n) is 8.11. The Morgan fingerprint density at radius 3 is 2.08 bits per heavy atom. The zero-order valence-electron chi connectivity index (χ0n) is 29.4. The van der Waals surface area contributed by atoms with Crippen LogP contribution in [0.5, 0.6) is 0 Å². The van der Waals surface area contributed by atoms with Crippen LogP contribution in [0.25, 0.3) is 10.8 Å². The van der Waals surface area contributed by atoms with Gasteiger partial charge in [0.05, 0.1) is 6.04 Å². The van der Waals surface area contributed by atoms with Crippen LogP contribution in [-0.2, 0) is 32.0 Å². The van der Waals surface area contributed by atoms with Gasteiger partial charge in [0.2, 0.25) is 11.8 Å². The number of rotatable bonds is 15. The highest BCUT2D eigenvalue weighted by Crippen LogP contribution is 2.21. The Morgan fingerprint density at radius 1 is 0.812 bits per heavy atom. The molecule has 0 saturated heterocycles. The Kier molecular flexibility index (Phi) is 13.5. The van der Waals surface area contributed by atoms with Gasteiger partial charge in [0.1, 0.15) is 11.6 Å². The van der Waals surface area contributed by atoms with Crippen LogP contribution in [-0.4, -0.2) is 82.5 Å². The zero-order valence-corrected chi connectivity index (χ0v) is 29.4. The summed E-state index contributed by atoms with van der Waals surface area (Å²) in [5, 5.41) is 14.3. The van der Waals surface area contributed by atoms with Crippen molar-refractivity contribution in [2.75, 3.05) is 20.7 Å². The molecule has 0 heterocycles. The fourth-order valence-electron chi connectivity index (χ4n) is 5.45. The Hall–Kier alpha value is -4.50. The third-order valence-corrected chi connectivity index (χ3v) is 8.11. The van der Waals surface area contributed by atoms with E-state index in [1.165, 1.54) is 15.9 Å². The van der Waals surface area contributed by atoms with E-state index in [4.69, 9.17) is 4.74 Å². The van der Waals surface area contributed by atoms with E-state index < -0.39 is 29.3 Å². The molecule has 9 nitrogen and oxygen atoms in total. The highest BCUT2D eigenvalue weighted by Gasteiger charge is 2.34. The number of aliphatic hydroxyl groups excluding tert-OH is 1. The maximum absolute atomic E-state index is 14.4. The summed E-state index contributed by atoms with van der Waals surface area (Å²) in [6.45, 7) is 8.90. The van der Waals surface area contributed by atoms with Crippen LogP contribution in [0, 0.1) is 0 Å². The molecule has 0 saturated carbocycles. The van der Waals surface area contributed by atoms with E-state index >= 15 is 0 Å². The van der Waals surface area contributed by atoms with Crippen LogP contribution in [0.15, 0.2) is 84.9 Å². The van der Waals surface area contributed by atoms with Gasteiger partial charge in [-0.3, -0.25) is 14.4 Å². The van der Waals surface area contributed by atoms with Crippen LogP contribution in [0.3, 0.4) is 0 Å². The van der Waals surface area contributed by atoms with Crippen molar-refractivity contribution in [1.29, 1.82) is 0 Å². The molecular weight excluding hydrogens is 606 g/mol. The monoisotopic (exact) mass is 657 g/mol. The smallest absolute Gasteiger partial charge is 0.408 e. The molecule has 2 atom stereocenters. The summed E-state index contributed by atoms with van der Waals surface area (Å²) in [5.41, 5.74) is 0.439. The topological polar surface area (TPSA) is 116 Å². The molecule has 0 radical (unpaired) electrons. The first kappa shape index (κ1) is 38.0. The Bertz CT molecular complexity index is 1580. The summed E-state index contributed by atoms with van der Waals surface area (Å²) in [5.74, 6) is -0.902. The van der Waals surface area contributed by atoms with Gasteiger partial charge in [-0.25, -0.2) is 4.79 Å². The van der Waals surface area contributed by atoms with E-state index in [0.717, 1.165) is 21.9 Å². The number of carbonyl (C=O) groups excluding carboxylic acids is 4. The first-order valence-electron chi connectivity index (χ1n) is 16.5. The number of aliphatic hydroxyl groups is 1. The van der Waals surface area contributed by atoms with Crippen LogP contribution >= 0.6 is 0 Å². The number of Topliss-reactive ketones (excluding diaryl/α,β-unsaturated/α-hetero) is 1. The minimum Gasteiger partial charge on any atom is -0.444 e. The van der Waals surface area contributed by atoms with Gasteiger partial charge in [-0.15, -0.1) is 0 Å². The van der Waals surface area contributed by atoms with E-state index in [9.17, 15) is 24.3 Å². The summed E-state index contributed by atoms with van der Waals surface area (Å²) in [7, 11) is 3.20. The molecule has 3 amide bonds. The van der Waals surface area contributed by atoms with Gasteiger partial charge in [-0.2, -0.15) is 0 Å². The number of ketones is 1. The van der Waals surface area contributed by atoms with Crippen molar-refractivity contribution in [3.63, 3.8) is 0 Å². The second-order valence-corrected chi connectivity index (χ2v) is 13.9. The highest BCUT2D eigenvalue weighted by atomic mass is 16.6. The number of fused-ring (bicyclic) bond motifs is 1. The predicted molar refractivity (Wildman–Crippen MR) is 189 cm³/mol. The van der Waals surface area contributed by atoms with Crippen molar-refractivity contribution in [1.82, 2.24) is 15.1 Å². The van der Waals surface area contributed by atoms with Crippen LogP contribution in [0.2, 0.25) is 0 Å². The Morgan fingerprint density at radius 2 is 1.44 bits per heavy atom. The van der Waals surface area contributed by atoms with Gasteiger partial charge >= 0.3 is 6.09 Å². The van der Waals surface area contributed by atoms with Gasteiger partial charge in [-0.1, -0.05) is 78.9 Å². The molecule has 0 unspecified atom stereocenters. The Labute approximate surface area is 284 Å². The molecule has 48 heavy (non-hydrogen) atoms. The molecule has 0 fully saturated rings. The number of amides is 3. The maximum Gasteiger partial charge on any atom is 0.408 e. The van der Waals surface area contributed by atoms with Crippen LogP contribution < -0.4 is 5.32 Å². The number of hydrogen-bond acceptors (Lipinski definition) is 6.